The molecule has 1 fully saturated rings. The summed E-state index contributed by atoms with van der Waals surface area (Å²) in [6.07, 6.45) is 5.27. The molecule has 0 radical (unpaired) electrons. The number of nitrogens with zero attached hydrogens (tertiary/aromatic N) is 5. The fourth-order valence-corrected chi connectivity index (χ4v) is 3.86. The molecule has 29 heavy (non-hydrogen) atoms. The number of ether oxygens (including phenoxy) is 2. The van der Waals surface area contributed by atoms with E-state index in [-0.39, 0.29) is 18.5 Å². The number of hydrogen-bond donors (Lipinski definition) is 0. The summed E-state index contributed by atoms with van der Waals surface area (Å²) in [4.78, 5) is 23.7. The number of Topliss-reactive ketones (excluding diaryl/α,β-unsaturated/α-hetero) is 1. The number of aryl methyl sites for hydroxylation is 1. The zero-order valence-electron chi connectivity index (χ0n) is 16.1. The van der Waals surface area contributed by atoms with Crippen LogP contribution in [0, 0.1) is 5.92 Å². The molecule has 0 amide bonds. The SMILES string of the molecule is Cn1ccnc1C(=O)[C@@H]1CCCN(Cc2nc(-c3ccc4c(c3)OCO4)no2)C1. The van der Waals surface area contributed by atoms with Gasteiger partial charge in [0.25, 0.3) is 0 Å². The Labute approximate surface area is 167 Å². The molecule has 0 aliphatic carbocycles. The minimum atomic E-state index is -0.0684. The van der Waals surface area contributed by atoms with Gasteiger partial charge in [0.1, 0.15) is 0 Å². The van der Waals surface area contributed by atoms with Crippen LogP contribution in [0.25, 0.3) is 11.4 Å². The van der Waals surface area contributed by atoms with Crippen LogP contribution in [0.1, 0.15) is 29.4 Å². The smallest absolute Gasteiger partial charge is 0.241 e. The molecule has 9 heteroatoms. The van der Waals surface area contributed by atoms with Gasteiger partial charge in [-0.25, -0.2) is 4.98 Å². The van der Waals surface area contributed by atoms with E-state index >= 15 is 0 Å². The highest BCUT2D eigenvalue weighted by Crippen LogP contribution is 2.35. The van der Waals surface area contributed by atoms with E-state index in [1.54, 1.807) is 17.0 Å². The molecule has 1 aromatic carbocycles. The van der Waals surface area contributed by atoms with Crippen molar-refractivity contribution in [3.05, 3.63) is 42.3 Å². The lowest BCUT2D eigenvalue weighted by Gasteiger charge is -2.30. The van der Waals surface area contributed by atoms with Crippen LogP contribution >= 0.6 is 0 Å². The van der Waals surface area contributed by atoms with Crippen molar-refractivity contribution in [3.63, 3.8) is 0 Å². The van der Waals surface area contributed by atoms with Crippen molar-refractivity contribution in [2.45, 2.75) is 19.4 Å². The molecule has 2 aromatic heterocycles. The first kappa shape index (κ1) is 17.9. The van der Waals surface area contributed by atoms with Gasteiger partial charge >= 0.3 is 0 Å². The Morgan fingerprint density at radius 3 is 3.03 bits per heavy atom. The Morgan fingerprint density at radius 1 is 1.28 bits per heavy atom. The Morgan fingerprint density at radius 2 is 2.17 bits per heavy atom. The summed E-state index contributed by atoms with van der Waals surface area (Å²) in [5.41, 5.74) is 0.811. The average molecular weight is 395 g/mol. The van der Waals surface area contributed by atoms with Crippen LogP contribution in [0.15, 0.2) is 35.1 Å². The van der Waals surface area contributed by atoms with Crippen LogP contribution in [-0.4, -0.2) is 50.3 Å². The summed E-state index contributed by atoms with van der Waals surface area (Å²) < 4.78 is 18.0. The molecule has 1 saturated heterocycles. The molecule has 2 aliphatic rings. The quantitative estimate of drug-likeness (QED) is 0.607. The zero-order chi connectivity index (χ0) is 19.8. The predicted molar refractivity (Wildman–Crippen MR) is 101 cm³/mol. The van der Waals surface area contributed by atoms with E-state index in [4.69, 9.17) is 14.0 Å². The van der Waals surface area contributed by atoms with Gasteiger partial charge in [-0.15, -0.1) is 0 Å². The maximum absolute atomic E-state index is 12.8. The molecule has 2 aliphatic heterocycles. The lowest BCUT2D eigenvalue weighted by molar-refractivity contribution is 0.0783. The number of ketones is 1. The summed E-state index contributed by atoms with van der Waals surface area (Å²) in [5, 5.41) is 4.09. The van der Waals surface area contributed by atoms with E-state index in [0.29, 0.717) is 42.1 Å². The van der Waals surface area contributed by atoms with Crippen LogP contribution in [0.4, 0.5) is 0 Å². The van der Waals surface area contributed by atoms with Crippen molar-refractivity contribution in [1.82, 2.24) is 24.6 Å². The summed E-state index contributed by atoms with van der Waals surface area (Å²) in [6.45, 7) is 2.30. The molecule has 4 heterocycles. The number of fused-ring (bicyclic) bond motifs is 1. The number of carbonyl (C=O) groups is 1. The van der Waals surface area contributed by atoms with E-state index in [9.17, 15) is 4.79 Å². The van der Waals surface area contributed by atoms with E-state index < -0.39 is 0 Å². The number of hydrogen-bond acceptors (Lipinski definition) is 8. The predicted octanol–water partition coefficient (Wildman–Crippen LogP) is 2.29. The van der Waals surface area contributed by atoms with E-state index in [1.165, 1.54) is 0 Å². The second-order valence-corrected chi connectivity index (χ2v) is 7.38. The normalized spacial score (nSPS) is 18.9. The second-order valence-electron chi connectivity index (χ2n) is 7.38. The number of aromatic nitrogens is 4. The van der Waals surface area contributed by atoms with E-state index in [2.05, 4.69) is 20.0 Å². The third-order valence-electron chi connectivity index (χ3n) is 5.38. The topological polar surface area (TPSA) is 95.5 Å². The summed E-state index contributed by atoms with van der Waals surface area (Å²) in [7, 11) is 1.84. The van der Waals surface area contributed by atoms with E-state index in [0.717, 1.165) is 24.9 Å². The standard InChI is InChI=1S/C20H21N5O4/c1-24-8-6-21-20(24)18(26)14-3-2-7-25(10-14)11-17-22-19(23-29-17)13-4-5-15-16(9-13)28-12-27-15/h4-6,8-9,14H,2-3,7,10-12H2,1H3/t14-/m1/s1. The summed E-state index contributed by atoms with van der Waals surface area (Å²) >= 11 is 0. The van der Waals surface area contributed by atoms with Gasteiger partial charge in [-0.05, 0) is 37.6 Å². The van der Waals surface area contributed by atoms with Gasteiger partial charge < -0.3 is 18.6 Å². The van der Waals surface area contributed by atoms with Crippen molar-refractivity contribution in [2.24, 2.45) is 13.0 Å². The fourth-order valence-electron chi connectivity index (χ4n) is 3.86. The lowest BCUT2D eigenvalue weighted by Crippen LogP contribution is -2.39. The van der Waals surface area contributed by atoms with Crippen LogP contribution in [0.3, 0.4) is 0 Å². The third kappa shape index (κ3) is 3.49. The van der Waals surface area contributed by atoms with Gasteiger partial charge in [-0.1, -0.05) is 5.16 Å². The van der Waals surface area contributed by atoms with Gasteiger partial charge in [0.15, 0.2) is 17.3 Å². The number of rotatable bonds is 5. The number of piperidine rings is 1. The largest absolute Gasteiger partial charge is 0.454 e. The highest BCUT2D eigenvalue weighted by atomic mass is 16.7. The summed E-state index contributed by atoms with van der Waals surface area (Å²) in [6, 6.07) is 5.57. The van der Waals surface area contributed by atoms with Crippen LogP contribution < -0.4 is 9.47 Å². The second kappa shape index (κ2) is 7.32. The molecule has 0 spiro atoms. The van der Waals surface area contributed by atoms with Crippen molar-refractivity contribution in [1.29, 1.82) is 0 Å². The fraction of sp³-hybridized carbons (Fsp3) is 0.400. The molecule has 0 saturated carbocycles. The Hall–Kier alpha value is -3.20. The number of likely N-dealkylation sites (tertiary alicyclic amines) is 1. The molecule has 1 atom stereocenters. The molecule has 0 unspecified atom stereocenters. The molecule has 0 bridgehead atoms. The first-order valence-corrected chi connectivity index (χ1v) is 9.64. The van der Waals surface area contributed by atoms with Gasteiger partial charge in [0.2, 0.25) is 24.3 Å². The van der Waals surface area contributed by atoms with Gasteiger partial charge in [-0.3, -0.25) is 9.69 Å². The van der Waals surface area contributed by atoms with Gasteiger partial charge in [0.05, 0.1) is 6.54 Å². The minimum Gasteiger partial charge on any atom is -0.454 e. The summed E-state index contributed by atoms with van der Waals surface area (Å²) in [5.74, 6) is 2.98. The molecule has 0 N–H and O–H groups in total. The molecular formula is C20H21N5O4. The molecule has 9 nitrogen and oxygen atoms in total. The Bertz CT molecular complexity index is 1040. The Balaban J connectivity index is 1.26. The first-order chi connectivity index (χ1) is 14.2. The monoisotopic (exact) mass is 395 g/mol. The number of imidazole rings is 1. The maximum atomic E-state index is 12.8. The molecule has 150 valence electrons. The van der Waals surface area contributed by atoms with E-state index in [1.807, 2.05) is 25.2 Å². The maximum Gasteiger partial charge on any atom is 0.241 e. The van der Waals surface area contributed by atoms with Crippen LogP contribution in [0.5, 0.6) is 11.5 Å². The zero-order valence-corrected chi connectivity index (χ0v) is 16.1. The van der Waals surface area contributed by atoms with Crippen molar-refractivity contribution < 1.29 is 18.8 Å². The molecular weight excluding hydrogens is 374 g/mol. The van der Waals surface area contributed by atoms with Crippen LogP contribution in [0.2, 0.25) is 0 Å². The number of benzene rings is 1. The first-order valence-electron chi connectivity index (χ1n) is 9.64. The average Bonchev–Trinajstić information content (AvgIpc) is 3.48. The lowest BCUT2D eigenvalue weighted by atomic mass is 9.93. The Kier molecular flexibility index (Phi) is 4.51. The molecule has 3 aromatic rings. The minimum absolute atomic E-state index is 0.0684. The number of carbonyl (C=O) groups excluding carboxylic acids is 1. The van der Waals surface area contributed by atoms with Crippen molar-refractivity contribution in [3.8, 4) is 22.9 Å². The molecule has 5 rings (SSSR count). The van der Waals surface area contributed by atoms with Crippen molar-refractivity contribution in [2.75, 3.05) is 19.9 Å². The van der Waals surface area contributed by atoms with Gasteiger partial charge in [-0.2, -0.15) is 4.98 Å². The van der Waals surface area contributed by atoms with Crippen LogP contribution in [-0.2, 0) is 13.6 Å². The highest BCUT2D eigenvalue weighted by molar-refractivity contribution is 5.94. The van der Waals surface area contributed by atoms with Crippen molar-refractivity contribution >= 4 is 5.78 Å². The van der Waals surface area contributed by atoms with Gasteiger partial charge in [0, 0.05) is 37.5 Å². The third-order valence-corrected chi connectivity index (χ3v) is 5.38. The highest BCUT2D eigenvalue weighted by Gasteiger charge is 2.29.